The first kappa shape index (κ1) is 52.5. The molecule has 17 heteroatoms. The number of imidazole rings is 1. The van der Waals surface area contributed by atoms with Crippen LogP contribution >= 0.6 is 27.3 Å². The number of unbranched alkanes of at least 4 members (excludes halogenated alkanes) is 9. The van der Waals surface area contributed by atoms with Crippen molar-refractivity contribution in [2.45, 2.75) is 108 Å². The number of nitrogens with zero attached hydrogens (tertiary/aromatic N) is 4. The molecule has 7 aromatic rings. The molecule has 1 saturated heterocycles. The summed E-state index contributed by atoms with van der Waals surface area (Å²) in [5.41, 5.74) is 9.44. The molecule has 1 aliphatic rings. The van der Waals surface area contributed by atoms with Gasteiger partial charge in [0.1, 0.15) is 18.2 Å². The minimum atomic E-state index is -1.48. The van der Waals surface area contributed by atoms with Gasteiger partial charge >= 0.3 is 23.9 Å². The number of nitrogen functional groups attached to an aromatic ring is 1. The Hall–Kier alpha value is -6.79. The van der Waals surface area contributed by atoms with Crippen molar-refractivity contribution in [3.63, 3.8) is 0 Å². The van der Waals surface area contributed by atoms with Crippen molar-refractivity contribution < 1.29 is 47.6 Å². The number of benzene rings is 4. The smallest absolute Gasteiger partial charge is 0.338 e. The Bertz CT molecular complexity index is 2870. The van der Waals surface area contributed by atoms with Gasteiger partial charge in [0.25, 0.3) is 0 Å². The van der Waals surface area contributed by atoms with Crippen LogP contribution in [0.25, 0.3) is 11.2 Å². The van der Waals surface area contributed by atoms with Crippen molar-refractivity contribution >= 4 is 68.3 Å². The maximum absolute atomic E-state index is 13.9. The summed E-state index contributed by atoms with van der Waals surface area (Å²) in [6, 6.07) is 35.3. The molecule has 2 N–H and O–H groups in total. The van der Waals surface area contributed by atoms with E-state index < -0.39 is 61.2 Å². The van der Waals surface area contributed by atoms with E-state index in [2.05, 4.69) is 46.9 Å². The van der Waals surface area contributed by atoms with Gasteiger partial charge in [0.05, 0.1) is 34.3 Å². The third kappa shape index (κ3) is 14.9. The average Bonchev–Trinajstić information content (AvgIpc) is 4.03. The number of hydrogen-bond donors (Lipinski definition) is 1. The summed E-state index contributed by atoms with van der Waals surface area (Å²) < 4.78 is 40.2. The second-order valence-electron chi connectivity index (χ2n) is 17.7. The standard InChI is InChI=1S/C56H58BrN5O10S/c57-42-33-43(73-36-42)34-44-46-50(61-56(58)60-44)62(37-59-46)31-21-7-5-3-1-2-4-6-8-22-32-67-55-49(72-54(66)41-29-19-12-20-30-41)48(71-53(65)40-27-17-11-18-28-40)47(70-52(64)39-25-15-10-16-26-39)45(69-55)35-68-51(63)38-23-13-9-14-24-38/h9-20,23-30,33,36-37,45,47-49,55H,1-8,21-22,31-32,34-35H2,(H2,58,60,61)/t45-,47-,48+,49-,55-/m1/s1. The second-order valence-corrected chi connectivity index (χ2v) is 19.6. The molecule has 0 radical (unpaired) electrons. The number of carbonyl (C=O) groups excluding carboxylic acids is 4. The van der Waals surface area contributed by atoms with E-state index in [9.17, 15) is 19.2 Å². The van der Waals surface area contributed by atoms with Crippen LogP contribution in [0.4, 0.5) is 5.95 Å². The number of hydrogen-bond acceptors (Lipinski definition) is 15. The lowest BCUT2D eigenvalue weighted by Gasteiger charge is -2.44. The van der Waals surface area contributed by atoms with Crippen molar-refractivity contribution in [3.8, 4) is 0 Å². The minimum absolute atomic E-state index is 0.202. The summed E-state index contributed by atoms with van der Waals surface area (Å²) >= 11 is 5.19. The number of nitrogens with two attached hydrogens (primary N) is 1. The van der Waals surface area contributed by atoms with E-state index in [0.717, 1.165) is 85.7 Å². The first-order valence-corrected chi connectivity index (χ1v) is 26.3. The van der Waals surface area contributed by atoms with Crippen LogP contribution in [0.5, 0.6) is 0 Å². The van der Waals surface area contributed by atoms with Gasteiger partial charge in [0, 0.05) is 34.3 Å². The van der Waals surface area contributed by atoms with Gasteiger partial charge in [-0.25, -0.2) is 29.1 Å². The zero-order chi connectivity index (χ0) is 50.8. The van der Waals surface area contributed by atoms with Crippen LogP contribution in [-0.2, 0) is 41.4 Å². The predicted molar refractivity (Wildman–Crippen MR) is 279 cm³/mol. The van der Waals surface area contributed by atoms with Crippen LogP contribution in [0, 0.1) is 0 Å². The van der Waals surface area contributed by atoms with Crippen molar-refractivity contribution in [2.24, 2.45) is 0 Å². The fourth-order valence-corrected chi connectivity index (χ4v) is 10.0. The predicted octanol–water partition coefficient (Wildman–Crippen LogP) is 11.0. The summed E-state index contributed by atoms with van der Waals surface area (Å²) in [7, 11) is 0. The highest BCUT2D eigenvalue weighted by molar-refractivity contribution is 9.10. The van der Waals surface area contributed by atoms with E-state index in [1.807, 2.05) is 6.33 Å². The number of fused-ring (bicyclic) bond motifs is 1. The highest BCUT2D eigenvalue weighted by atomic mass is 79.9. The number of halogens is 1. The summed E-state index contributed by atoms with van der Waals surface area (Å²) in [5.74, 6) is -2.68. The number of ether oxygens (including phenoxy) is 6. The van der Waals surface area contributed by atoms with E-state index in [1.165, 1.54) is 4.88 Å². The van der Waals surface area contributed by atoms with Crippen LogP contribution in [0.15, 0.2) is 144 Å². The van der Waals surface area contributed by atoms with Gasteiger partial charge in [0.15, 0.2) is 30.2 Å². The van der Waals surface area contributed by atoms with E-state index in [-0.39, 0.29) is 34.8 Å². The molecule has 0 bridgehead atoms. The molecule has 0 amide bonds. The molecule has 4 aromatic carbocycles. The van der Waals surface area contributed by atoms with Crippen LogP contribution in [0.3, 0.4) is 0 Å². The fraction of sp³-hybridized carbons (Fsp3) is 0.339. The third-order valence-corrected chi connectivity index (χ3v) is 14.0. The molecule has 0 spiro atoms. The molecule has 1 fully saturated rings. The van der Waals surface area contributed by atoms with Gasteiger partial charge in [-0.05, 0) is 83.4 Å². The maximum Gasteiger partial charge on any atom is 0.338 e. The first-order chi connectivity index (χ1) is 35.7. The average molecular weight is 1070 g/mol. The van der Waals surface area contributed by atoms with E-state index in [0.29, 0.717) is 12.8 Å². The number of rotatable bonds is 25. The Morgan fingerprint density at radius 3 is 1.64 bits per heavy atom. The highest BCUT2D eigenvalue weighted by Crippen LogP contribution is 2.32. The summed E-state index contributed by atoms with van der Waals surface area (Å²) in [5, 5.41) is 2.05. The normalized spacial score (nSPS) is 17.5. The molecular formula is C56H58BrN5O10S. The lowest BCUT2D eigenvalue weighted by molar-refractivity contribution is -0.298. The van der Waals surface area contributed by atoms with Crippen LogP contribution in [-0.4, -0.2) is 87.3 Å². The molecule has 5 atom stereocenters. The SMILES string of the molecule is Nc1nc(Cc2cc(Br)cs2)c2ncn(CCCCCCCCCCCCO[C@@H]3O[C@H](COC(=O)c4ccccc4)[C@@H](OC(=O)c4ccccc4)[C@H](OC(=O)c4ccccc4)[C@H]3OC(=O)c3ccccc3)c2n1. The number of esters is 4. The number of anilines is 1. The van der Waals surface area contributed by atoms with Gasteiger partial charge in [-0.15, -0.1) is 11.3 Å². The highest BCUT2D eigenvalue weighted by Gasteiger charge is 2.53. The Balaban J connectivity index is 0.868. The monoisotopic (exact) mass is 1070 g/mol. The molecule has 73 heavy (non-hydrogen) atoms. The molecule has 4 heterocycles. The Labute approximate surface area is 436 Å². The number of aryl methyl sites for hydroxylation is 1. The summed E-state index contributed by atoms with van der Waals surface area (Å²) in [6.45, 7) is 0.584. The minimum Gasteiger partial charge on any atom is -0.459 e. The third-order valence-electron chi connectivity index (χ3n) is 12.3. The molecule has 1 aliphatic heterocycles. The summed E-state index contributed by atoms with van der Waals surface area (Å²) in [4.78, 5) is 69.7. The Morgan fingerprint density at radius 2 is 1.11 bits per heavy atom. The van der Waals surface area contributed by atoms with Crippen LogP contribution < -0.4 is 5.73 Å². The van der Waals surface area contributed by atoms with Crippen LogP contribution in [0.2, 0.25) is 0 Å². The zero-order valence-electron chi connectivity index (χ0n) is 40.3. The first-order valence-electron chi connectivity index (χ1n) is 24.7. The summed E-state index contributed by atoms with van der Waals surface area (Å²) in [6.07, 6.45) is 5.76. The molecule has 0 aliphatic carbocycles. The maximum atomic E-state index is 13.9. The van der Waals surface area contributed by atoms with Gasteiger partial charge in [-0.1, -0.05) is 124 Å². The van der Waals surface area contributed by atoms with Gasteiger partial charge in [0.2, 0.25) is 5.95 Å². The molecular weight excluding hydrogens is 1010 g/mol. The van der Waals surface area contributed by atoms with Crippen molar-refractivity contribution in [1.29, 1.82) is 0 Å². The van der Waals surface area contributed by atoms with Gasteiger partial charge in [-0.3, -0.25) is 0 Å². The topological polar surface area (TPSA) is 193 Å². The fourth-order valence-electron chi connectivity index (χ4n) is 8.58. The quantitative estimate of drug-likeness (QED) is 0.0323. The van der Waals surface area contributed by atoms with Crippen molar-refractivity contribution in [2.75, 3.05) is 18.9 Å². The lowest BCUT2D eigenvalue weighted by Crippen LogP contribution is -2.63. The number of aromatic nitrogens is 4. The van der Waals surface area contributed by atoms with Gasteiger partial charge < -0.3 is 38.7 Å². The van der Waals surface area contributed by atoms with Crippen molar-refractivity contribution in [3.05, 3.63) is 176 Å². The lowest BCUT2D eigenvalue weighted by atomic mass is 9.97. The molecule has 3 aromatic heterocycles. The Kier molecular flexibility index (Phi) is 19.3. The molecule has 8 rings (SSSR count). The molecule has 15 nitrogen and oxygen atoms in total. The Morgan fingerprint density at radius 1 is 0.616 bits per heavy atom. The largest absolute Gasteiger partial charge is 0.459 e. The van der Waals surface area contributed by atoms with Crippen LogP contribution in [0.1, 0.15) is 116 Å². The molecule has 0 unspecified atom stereocenters. The van der Waals surface area contributed by atoms with Crippen molar-refractivity contribution in [1.82, 2.24) is 19.5 Å². The number of carbonyl (C=O) groups is 4. The molecule has 380 valence electrons. The van der Waals surface area contributed by atoms with E-state index in [4.69, 9.17) is 34.2 Å². The van der Waals surface area contributed by atoms with E-state index in [1.54, 1.807) is 133 Å². The number of thiophene rings is 1. The zero-order valence-corrected chi connectivity index (χ0v) is 42.7. The molecule has 0 saturated carbocycles. The second kappa shape index (κ2) is 26.8. The van der Waals surface area contributed by atoms with E-state index >= 15 is 0 Å². The van der Waals surface area contributed by atoms with Gasteiger partial charge in [-0.2, -0.15) is 4.98 Å².